The van der Waals surface area contributed by atoms with Crippen molar-refractivity contribution in [2.45, 2.75) is 20.8 Å². The molecule has 0 atom stereocenters. The van der Waals surface area contributed by atoms with Gasteiger partial charge < -0.3 is 18.9 Å². The quantitative estimate of drug-likeness (QED) is 0.423. The number of aryl methyl sites for hydroxylation is 5. The Morgan fingerprint density at radius 2 is 1.66 bits per heavy atom. The molecule has 1 N–H and O–H groups in total. The van der Waals surface area contributed by atoms with Gasteiger partial charge in [0.2, 0.25) is 0 Å². The second-order valence-electron chi connectivity index (χ2n) is 8.87. The van der Waals surface area contributed by atoms with Crippen LogP contribution in [0.1, 0.15) is 16.7 Å². The topological polar surface area (TPSA) is 94.8 Å². The lowest BCUT2D eigenvalue weighted by molar-refractivity contribution is 0.470. The minimum atomic E-state index is -0.184. The number of pyridine rings is 2. The Balaban J connectivity index is 1.78. The molecule has 0 saturated carbocycles. The first-order chi connectivity index (χ1) is 16.7. The van der Waals surface area contributed by atoms with Gasteiger partial charge in [-0.1, -0.05) is 18.2 Å². The van der Waals surface area contributed by atoms with Crippen molar-refractivity contribution < 1.29 is 4.74 Å². The summed E-state index contributed by atoms with van der Waals surface area (Å²) < 4.78 is 9.39. The van der Waals surface area contributed by atoms with Crippen LogP contribution in [-0.2, 0) is 14.1 Å². The monoisotopic (exact) mass is 467 g/mol. The van der Waals surface area contributed by atoms with Crippen LogP contribution in [0.2, 0.25) is 0 Å². The van der Waals surface area contributed by atoms with E-state index >= 15 is 0 Å². The van der Waals surface area contributed by atoms with E-state index in [9.17, 15) is 9.59 Å². The normalized spacial score (nSPS) is 11.2. The summed E-state index contributed by atoms with van der Waals surface area (Å²) in [6.07, 6.45) is 5.09. The third kappa shape index (κ3) is 3.93. The standard InChI is InChI=1S/C27H25N5O3/c1-15-9-22(30-28-12-15)21-10-19-20(13-32(5)27(34)25(19)29-21)18-11-24(33)31(4)14-23(18)35-26-16(2)7-6-8-17(26)3/h6-14,29H,1-5H3. The molecule has 0 unspecified atom stereocenters. The van der Waals surface area contributed by atoms with Gasteiger partial charge in [0.15, 0.2) is 5.75 Å². The molecule has 0 aliphatic carbocycles. The zero-order valence-corrected chi connectivity index (χ0v) is 20.2. The Labute approximate surface area is 201 Å². The number of aromatic nitrogens is 5. The molecule has 0 amide bonds. The molecule has 8 heteroatoms. The highest BCUT2D eigenvalue weighted by Crippen LogP contribution is 2.38. The predicted octanol–water partition coefficient (Wildman–Crippen LogP) is 4.41. The molecule has 4 heterocycles. The van der Waals surface area contributed by atoms with E-state index < -0.39 is 0 Å². The summed E-state index contributed by atoms with van der Waals surface area (Å²) in [5.41, 5.74) is 5.57. The Morgan fingerprint density at radius 1 is 0.914 bits per heavy atom. The van der Waals surface area contributed by atoms with Crippen molar-refractivity contribution in [1.82, 2.24) is 24.3 Å². The maximum Gasteiger partial charge on any atom is 0.274 e. The molecule has 8 nitrogen and oxygen atoms in total. The Kier molecular flexibility index (Phi) is 5.36. The molecule has 0 saturated heterocycles. The average Bonchev–Trinajstić information content (AvgIpc) is 3.27. The first-order valence-electron chi connectivity index (χ1n) is 11.2. The molecule has 0 fully saturated rings. The molecule has 4 aromatic heterocycles. The van der Waals surface area contributed by atoms with Gasteiger partial charge in [-0.25, -0.2) is 0 Å². The molecule has 176 valence electrons. The number of benzene rings is 1. The lowest BCUT2D eigenvalue weighted by Gasteiger charge is -2.17. The number of nitrogens with zero attached hydrogens (tertiary/aromatic N) is 4. The highest BCUT2D eigenvalue weighted by atomic mass is 16.5. The van der Waals surface area contributed by atoms with E-state index in [4.69, 9.17) is 4.74 Å². The molecule has 0 bridgehead atoms. The molecule has 1 aromatic carbocycles. The minimum absolute atomic E-state index is 0.184. The lowest BCUT2D eigenvalue weighted by atomic mass is 10.0. The van der Waals surface area contributed by atoms with Crippen molar-refractivity contribution in [3.63, 3.8) is 0 Å². The van der Waals surface area contributed by atoms with E-state index in [-0.39, 0.29) is 11.1 Å². The van der Waals surface area contributed by atoms with E-state index in [1.54, 1.807) is 38.8 Å². The number of hydrogen-bond donors (Lipinski definition) is 1. The fourth-order valence-corrected chi connectivity index (χ4v) is 4.25. The van der Waals surface area contributed by atoms with E-state index in [1.807, 2.05) is 51.1 Å². The van der Waals surface area contributed by atoms with Crippen molar-refractivity contribution in [3.05, 3.63) is 92.4 Å². The van der Waals surface area contributed by atoms with E-state index in [1.165, 1.54) is 9.13 Å². The van der Waals surface area contributed by atoms with E-state index in [2.05, 4.69) is 15.2 Å². The van der Waals surface area contributed by atoms with Crippen LogP contribution >= 0.6 is 0 Å². The number of ether oxygens (including phenoxy) is 1. The van der Waals surface area contributed by atoms with Gasteiger partial charge in [0.05, 0.1) is 18.1 Å². The first-order valence-corrected chi connectivity index (χ1v) is 11.2. The molecule has 0 aliphatic heterocycles. The van der Waals surface area contributed by atoms with Gasteiger partial charge in [-0.3, -0.25) is 9.59 Å². The van der Waals surface area contributed by atoms with Crippen molar-refractivity contribution in [2.75, 3.05) is 0 Å². The fourth-order valence-electron chi connectivity index (χ4n) is 4.25. The van der Waals surface area contributed by atoms with Crippen LogP contribution < -0.4 is 15.9 Å². The predicted molar refractivity (Wildman–Crippen MR) is 136 cm³/mol. The highest BCUT2D eigenvalue weighted by molar-refractivity contribution is 5.98. The van der Waals surface area contributed by atoms with Crippen molar-refractivity contribution in [3.8, 4) is 34.0 Å². The number of rotatable bonds is 4. The molecule has 5 rings (SSSR count). The van der Waals surface area contributed by atoms with Crippen LogP contribution in [0.15, 0.2) is 64.6 Å². The van der Waals surface area contributed by atoms with Crippen LogP contribution in [0.25, 0.3) is 33.4 Å². The third-order valence-corrected chi connectivity index (χ3v) is 6.13. The van der Waals surface area contributed by atoms with Gasteiger partial charge >= 0.3 is 0 Å². The molecular formula is C27H25N5O3. The summed E-state index contributed by atoms with van der Waals surface area (Å²) in [4.78, 5) is 28.9. The molecule has 0 aliphatic rings. The van der Waals surface area contributed by atoms with Gasteiger partial charge in [-0.05, 0) is 49.6 Å². The van der Waals surface area contributed by atoms with Gasteiger partial charge in [-0.2, -0.15) is 5.10 Å². The Morgan fingerprint density at radius 3 is 2.37 bits per heavy atom. The summed E-state index contributed by atoms with van der Waals surface area (Å²) in [7, 11) is 3.37. The smallest absolute Gasteiger partial charge is 0.274 e. The van der Waals surface area contributed by atoms with Gasteiger partial charge in [0.1, 0.15) is 17.0 Å². The molecule has 5 aromatic rings. The Bertz CT molecular complexity index is 1710. The summed E-state index contributed by atoms with van der Waals surface area (Å²) >= 11 is 0. The number of H-pyrrole nitrogens is 1. The molecule has 0 radical (unpaired) electrons. The van der Waals surface area contributed by atoms with Crippen LogP contribution in [-0.4, -0.2) is 24.3 Å². The highest BCUT2D eigenvalue weighted by Gasteiger charge is 2.19. The molecule has 35 heavy (non-hydrogen) atoms. The zero-order chi connectivity index (χ0) is 24.9. The van der Waals surface area contributed by atoms with Crippen LogP contribution in [0, 0.1) is 20.8 Å². The summed E-state index contributed by atoms with van der Waals surface area (Å²) in [5, 5.41) is 8.91. The summed E-state index contributed by atoms with van der Waals surface area (Å²) in [6.45, 7) is 5.90. The fraction of sp³-hybridized carbons (Fsp3) is 0.185. The summed E-state index contributed by atoms with van der Waals surface area (Å²) in [6, 6.07) is 11.3. The van der Waals surface area contributed by atoms with Gasteiger partial charge in [-0.15, -0.1) is 5.10 Å². The SMILES string of the molecule is Cc1cnnc(-c2cc3c(-c4cc(=O)n(C)cc4Oc4c(C)cccc4C)cn(C)c(=O)c3[nH]2)c1. The van der Waals surface area contributed by atoms with Crippen molar-refractivity contribution in [1.29, 1.82) is 0 Å². The van der Waals surface area contributed by atoms with Crippen LogP contribution in [0.3, 0.4) is 0 Å². The van der Waals surface area contributed by atoms with E-state index in [0.717, 1.165) is 22.4 Å². The van der Waals surface area contributed by atoms with Crippen molar-refractivity contribution in [2.24, 2.45) is 14.1 Å². The molecular weight excluding hydrogens is 442 g/mol. The zero-order valence-electron chi connectivity index (χ0n) is 20.2. The van der Waals surface area contributed by atoms with Crippen LogP contribution in [0.5, 0.6) is 11.5 Å². The maximum absolute atomic E-state index is 13.0. The summed E-state index contributed by atoms with van der Waals surface area (Å²) in [5.74, 6) is 1.25. The second-order valence-corrected chi connectivity index (χ2v) is 8.87. The third-order valence-electron chi connectivity index (χ3n) is 6.13. The average molecular weight is 468 g/mol. The number of hydrogen-bond acceptors (Lipinski definition) is 5. The number of aromatic amines is 1. The van der Waals surface area contributed by atoms with Crippen molar-refractivity contribution >= 4 is 10.9 Å². The van der Waals surface area contributed by atoms with Crippen LogP contribution in [0.4, 0.5) is 0 Å². The van der Waals surface area contributed by atoms with E-state index in [0.29, 0.717) is 39.2 Å². The maximum atomic E-state index is 13.0. The number of para-hydroxylation sites is 1. The number of nitrogens with one attached hydrogen (secondary N) is 1. The first kappa shape index (κ1) is 22.3. The lowest BCUT2D eigenvalue weighted by Crippen LogP contribution is -2.18. The molecule has 0 spiro atoms. The Hall–Kier alpha value is -4.46. The second kappa shape index (κ2) is 8.39. The minimum Gasteiger partial charge on any atom is -0.455 e. The largest absolute Gasteiger partial charge is 0.455 e. The van der Waals surface area contributed by atoms with Gasteiger partial charge in [0, 0.05) is 42.9 Å². The number of fused-ring (bicyclic) bond motifs is 1. The van der Waals surface area contributed by atoms with Gasteiger partial charge in [0.25, 0.3) is 11.1 Å².